The predicted molar refractivity (Wildman–Crippen MR) is 104 cm³/mol. The van der Waals surface area contributed by atoms with Crippen molar-refractivity contribution in [2.45, 2.75) is 23.8 Å². The number of tetrazole rings is 1. The van der Waals surface area contributed by atoms with Crippen LogP contribution >= 0.6 is 11.8 Å². The van der Waals surface area contributed by atoms with Gasteiger partial charge in [-0.3, -0.25) is 9.59 Å². The minimum absolute atomic E-state index is 0.0717. The number of thioether (sulfide) groups is 1. The molecular weight excluding hydrogens is 378 g/mol. The molecule has 1 fully saturated rings. The molecule has 2 heterocycles. The first-order valence-electron chi connectivity index (χ1n) is 8.60. The van der Waals surface area contributed by atoms with E-state index < -0.39 is 5.25 Å². The number of nitrogens with zero attached hydrogens (tertiary/aromatic N) is 5. The number of anilines is 1. The average molecular weight is 395 g/mol. The van der Waals surface area contributed by atoms with Crippen LogP contribution in [-0.4, -0.2) is 44.4 Å². The highest BCUT2D eigenvalue weighted by atomic mass is 32.2. The SMILES string of the molecule is COc1ccc(C)cc1N1C(=O)CC(Sc2nnnn2-c2ccccc2)C1=O. The van der Waals surface area contributed by atoms with Crippen LogP contribution in [0.2, 0.25) is 0 Å². The van der Waals surface area contributed by atoms with E-state index in [1.807, 2.05) is 43.3 Å². The largest absolute Gasteiger partial charge is 0.495 e. The lowest BCUT2D eigenvalue weighted by atomic mass is 10.2. The maximum atomic E-state index is 13.0. The molecule has 0 spiro atoms. The van der Waals surface area contributed by atoms with Gasteiger partial charge in [-0.25, -0.2) is 4.90 Å². The lowest BCUT2D eigenvalue weighted by Gasteiger charge is -2.18. The summed E-state index contributed by atoms with van der Waals surface area (Å²) in [5.41, 5.74) is 2.17. The number of hydrogen-bond donors (Lipinski definition) is 0. The summed E-state index contributed by atoms with van der Waals surface area (Å²) in [4.78, 5) is 26.9. The van der Waals surface area contributed by atoms with Crippen molar-refractivity contribution in [1.82, 2.24) is 20.2 Å². The fraction of sp³-hybridized carbons (Fsp3) is 0.211. The summed E-state index contributed by atoms with van der Waals surface area (Å²) in [5.74, 6) is -0.0984. The highest BCUT2D eigenvalue weighted by molar-refractivity contribution is 8.00. The number of aromatic nitrogens is 4. The smallest absolute Gasteiger partial charge is 0.248 e. The zero-order valence-corrected chi connectivity index (χ0v) is 16.1. The number of hydrogen-bond acceptors (Lipinski definition) is 7. The fourth-order valence-electron chi connectivity index (χ4n) is 3.03. The Labute approximate surface area is 165 Å². The second-order valence-electron chi connectivity index (χ2n) is 6.26. The van der Waals surface area contributed by atoms with E-state index in [0.29, 0.717) is 16.6 Å². The Morgan fingerprint density at radius 3 is 2.68 bits per heavy atom. The molecule has 1 aromatic heterocycles. The number of carbonyl (C=O) groups is 2. The Hall–Kier alpha value is -3.20. The summed E-state index contributed by atoms with van der Waals surface area (Å²) in [6.07, 6.45) is 0.0717. The number of rotatable bonds is 5. The van der Waals surface area contributed by atoms with Crippen molar-refractivity contribution < 1.29 is 14.3 Å². The quantitative estimate of drug-likeness (QED) is 0.613. The van der Waals surface area contributed by atoms with Gasteiger partial charge in [0.2, 0.25) is 17.0 Å². The van der Waals surface area contributed by atoms with Gasteiger partial charge in [-0.05, 0) is 47.2 Å². The molecular formula is C19H17N5O3S. The van der Waals surface area contributed by atoms with Crippen LogP contribution in [0.5, 0.6) is 5.75 Å². The van der Waals surface area contributed by atoms with Gasteiger partial charge in [-0.1, -0.05) is 36.0 Å². The highest BCUT2D eigenvalue weighted by Gasteiger charge is 2.42. The molecule has 142 valence electrons. The molecule has 2 aromatic carbocycles. The van der Waals surface area contributed by atoms with Crippen LogP contribution in [0.1, 0.15) is 12.0 Å². The molecule has 1 atom stereocenters. The molecule has 1 saturated heterocycles. The zero-order chi connectivity index (χ0) is 19.7. The first-order valence-corrected chi connectivity index (χ1v) is 9.48. The third-order valence-electron chi connectivity index (χ3n) is 4.37. The zero-order valence-electron chi connectivity index (χ0n) is 15.3. The van der Waals surface area contributed by atoms with E-state index in [0.717, 1.165) is 11.3 Å². The molecule has 28 heavy (non-hydrogen) atoms. The van der Waals surface area contributed by atoms with Crippen molar-refractivity contribution in [2.75, 3.05) is 12.0 Å². The van der Waals surface area contributed by atoms with Gasteiger partial charge in [0.05, 0.1) is 18.5 Å². The van der Waals surface area contributed by atoms with Crippen LogP contribution in [-0.2, 0) is 9.59 Å². The molecule has 0 radical (unpaired) electrons. The number of aryl methyl sites for hydroxylation is 1. The molecule has 9 heteroatoms. The Morgan fingerprint density at radius 2 is 1.93 bits per heavy atom. The van der Waals surface area contributed by atoms with E-state index in [4.69, 9.17) is 4.74 Å². The van der Waals surface area contributed by atoms with Crippen molar-refractivity contribution in [1.29, 1.82) is 0 Å². The Morgan fingerprint density at radius 1 is 1.14 bits per heavy atom. The first-order chi connectivity index (χ1) is 13.6. The molecule has 0 bridgehead atoms. The van der Waals surface area contributed by atoms with E-state index in [2.05, 4.69) is 15.5 Å². The van der Waals surface area contributed by atoms with Crippen LogP contribution in [0.15, 0.2) is 53.7 Å². The second-order valence-corrected chi connectivity index (χ2v) is 7.43. The van der Waals surface area contributed by atoms with Gasteiger partial charge >= 0.3 is 0 Å². The number of ether oxygens (including phenoxy) is 1. The number of para-hydroxylation sites is 1. The third kappa shape index (κ3) is 3.24. The summed E-state index contributed by atoms with van der Waals surface area (Å²) in [7, 11) is 1.51. The second kappa shape index (κ2) is 7.43. The van der Waals surface area contributed by atoms with Crippen LogP contribution in [0.4, 0.5) is 5.69 Å². The van der Waals surface area contributed by atoms with Crippen LogP contribution < -0.4 is 9.64 Å². The van der Waals surface area contributed by atoms with Gasteiger partial charge in [-0.15, -0.1) is 5.10 Å². The van der Waals surface area contributed by atoms with Gasteiger partial charge < -0.3 is 4.74 Å². The Bertz CT molecular complexity index is 1040. The molecule has 0 aliphatic carbocycles. The van der Waals surface area contributed by atoms with Crippen molar-refractivity contribution in [3.8, 4) is 11.4 Å². The lowest BCUT2D eigenvalue weighted by Crippen LogP contribution is -2.31. The molecule has 1 unspecified atom stereocenters. The predicted octanol–water partition coefficient (Wildman–Crippen LogP) is 2.40. The Balaban J connectivity index is 1.61. The van der Waals surface area contributed by atoms with Crippen molar-refractivity contribution in [3.63, 3.8) is 0 Å². The van der Waals surface area contributed by atoms with E-state index in [1.54, 1.807) is 16.8 Å². The number of methoxy groups -OCH3 is 1. The lowest BCUT2D eigenvalue weighted by molar-refractivity contribution is -0.121. The molecule has 4 rings (SSSR count). The average Bonchev–Trinajstić information content (AvgIpc) is 3.27. The fourth-order valence-corrected chi connectivity index (χ4v) is 4.05. The molecule has 8 nitrogen and oxygen atoms in total. The van der Waals surface area contributed by atoms with Gasteiger partial charge in [0.15, 0.2) is 0 Å². The van der Waals surface area contributed by atoms with Gasteiger partial charge in [0.25, 0.3) is 0 Å². The summed E-state index contributed by atoms with van der Waals surface area (Å²) in [5, 5.41) is 11.6. The summed E-state index contributed by atoms with van der Waals surface area (Å²) >= 11 is 1.18. The maximum Gasteiger partial charge on any atom is 0.248 e. The first kappa shape index (κ1) is 18.2. The van der Waals surface area contributed by atoms with Gasteiger partial charge in [0.1, 0.15) is 11.0 Å². The molecule has 0 saturated carbocycles. The van der Waals surface area contributed by atoms with Crippen molar-refractivity contribution >= 4 is 29.3 Å². The summed E-state index contributed by atoms with van der Waals surface area (Å²) < 4.78 is 6.89. The number of benzene rings is 2. The standard InChI is InChI=1S/C19H17N5O3S/c1-12-8-9-15(27-2)14(10-12)23-17(25)11-16(18(23)26)28-19-20-21-22-24(19)13-6-4-3-5-7-13/h3-10,16H,11H2,1-2H3. The Kier molecular flexibility index (Phi) is 4.82. The minimum Gasteiger partial charge on any atom is -0.495 e. The van der Waals surface area contributed by atoms with Crippen molar-refractivity contribution in [2.24, 2.45) is 0 Å². The summed E-state index contributed by atoms with van der Waals surface area (Å²) in [6, 6.07) is 14.8. The van der Waals surface area contributed by atoms with Crippen LogP contribution in [0, 0.1) is 6.92 Å². The third-order valence-corrected chi connectivity index (χ3v) is 5.49. The van der Waals surface area contributed by atoms with Crippen LogP contribution in [0.3, 0.4) is 0 Å². The number of imide groups is 1. The molecule has 2 amide bonds. The maximum absolute atomic E-state index is 13.0. The molecule has 1 aliphatic heterocycles. The van der Waals surface area contributed by atoms with E-state index >= 15 is 0 Å². The summed E-state index contributed by atoms with van der Waals surface area (Å²) in [6.45, 7) is 1.90. The minimum atomic E-state index is -0.605. The topological polar surface area (TPSA) is 90.2 Å². The number of carbonyl (C=O) groups excluding carboxylic acids is 2. The monoisotopic (exact) mass is 395 g/mol. The van der Waals surface area contributed by atoms with Gasteiger partial charge in [-0.2, -0.15) is 4.68 Å². The van der Waals surface area contributed by atoms with Crippen LogP contribution in [0.25, 0.3) is 5.69 Å². The highest BCUT2D eigenvalue weighted by Crippen LogP contribution is 2.37. The number of amides is 2. The normalized spacial score (nSPS) is 16.6. The van der Waals surface area contributed by atoms with E-state index in [9.17, 15) is 9.59 Å². The van der Waals surface area contributed by atoms with Crippen molar-refractivity contribution in [3.05, 3.63) is 54.1 Å². The van der Waals surface area contributed by atoms with E-state index in [1.165, 1.54) is 23.8 Å². The van der Waals surface area contributed by atoms with E-state index in [-0.39, 0.29) is 18.2 Å². The molecule has 3 aromatic rings. The molecule has 0 N–H and O–H groups in total. The van der Waals surface area contributed by atoms with Gasteiger partial charge in [0, 0.05) is 6.42 Å². The molecule has 1 aliphatic rings.